The van der Waals surface area contributed by atoms with Crippen LogP contribution in [0.2, 0.25) is 0 Å². The first-order valence-electron chi connectivity index (χ1n) is 4.77. The van der Waals surface area contributed by atoms with E-state index in [1.807, 2.05) is 0 Å². The molecule has 2 aromatic rings. The minimum Gasteiger partial charge on any atom is -0.363 e. The lowest BCUT2D eigenvalue weighted by Crippen LogP contribution is -2.22. The second kappa shape index (κ2) is 4.87. The first kappa shape index (κ1) is 11.5. The van der Waals surface area contributed by atoms with Crippen molar-refractivity contribution in [2.24, 2.45) is 0 Å². The van der Waals surface area contributed by atoms with Crippen molar-refractivity contribution in [1.82, 2.24) is 25.7 Å². The van der Waals surface area contributed by atoms with Crippen LogP contribution in [0.25, 0.3) is 0 Å². The zero-order chi connectivity index (χ0) is 12.3. The summed E-state index contributed by atoms with van der Waals surface area (Å²) in [7, 11) is 1.71. The molecule has 2 aromatic heterocycles. The molecule has 0 bridgehead atoms. The van der Waals surface area contributed by atoms with Gasteiger partial charge in [0.2, 0.25) is 16.0 Å². The molecular weight excluding hydrogens is 244 g/mol. The van der Waals surface area contributed by atoms with E-state index in [-0.39, 0.29) is 17.5 Å². The number of carbonyl (C=O) groups excluding carboxylic acids is 1. The Kier molecular flexibility index (Phi) is 3.28. The molecule has 2 heterocycles. The largest absolute Gasteiger partial charge is 0.363 e. The molecule has 90 valence electrons. The monoisotopic (exact) mass is 254 g/mol. The third-order valence-electron chi connectivity index (χ3n) is 1.80. The summed E-state index contributed by atoms with van der Waals surface area (Å²) in [6, 6.07) is 0. The van der Waals surface area contributed by atoms with Crippen LogP contribution in [-0.2, 0) is 6.54 Å². The Hall–Kier alpha value is -2.03. The third kappa shape index (κ3) is 2.75. The topological polar surface area (TPSA) is 106 Å². The molecule has 0 aliphatic carbocycles. The number of aryl methyl sites for hydroxylation is 1. The summed E-state index contributed by atoms with van der Waals surface area (Å²) in [4.78, 5) is 15.6. The SMILES string of the molecule is CNc1nnc(C(=O)NCc2nc(C)no2)s1. The van der Waals surface area contributed by atoms with E-state index in [0.717, 1.165) is 0 Å². The van der Waals surface area contributed by atoms with E-state index in [4.69, 9.17) is 4.52 Å². The summed E-state index contributed by atoms with van der Waals surface area (Å²) in [6.07, 6.45) is 0. The van der Waals surface area contributed by atoms with E-state index in [2.05, 4.69) is 31.0 Å². The molecule has 0 aliphatic heterocycles. The standard InChI is InChI=1S/C8H10N6O2S/c1-4-11-5(16-14-4)3-10-6(15)7-12-13-8(9-2)17-7/h3H2,1-2H3,(H,9,13)(H,10,15). The Bertz CT molecular complexity index is 522. The quantitative estimate of drug-likeness (QED) is 0.802. The molecule has 0 fully saturated rings. The highest BCUT2D eigenvalue weighted by atomic mass is 32.1. The van der Waals surface area contributed by atoms with Crippen LogP contribution in [0.4, 0.5) is 5.13 Å². The zero-order valence-electron chi connectivity index (χ0n) is 9.22. The Labute approximate surface area is 100 Å². The van der Waals surface area contributed by atoms with Crippen LogP contribution >= 0.6 is 11.3 Å². The third-order valence-corrected chi connectivity index (χ3v) is 2.74. The molecule has 0 atom stereocenters. The molecule has 0 unspecified atom stereocenters. The van der Waals surface area contributed by atoms with E-state index >= 15 is 0 Å². The molecule has 8 nitrogen and oxygen atoms in total. The molecule has 0 aliphatic rings. The lowest BCUT2D eigenvalue weighted by atomic mass is 10.5. The molecule has 0 aromatic carbocycles. The van der Waals surface area contributed by atoms with Crippen molar-refractivity contribution in [3.8, 4) is 0 Å². The van der Waals surface area contributed by atoms with Crippen LogP contribution in [0.15, 0.2) is 4.52 Å². The van der Waals surface area contributed by atoms with Crippen LogP contribution in [0.3, 0.4) is 0 Å². The highest BCUT2D eigenvalue weighted by Crippen LogP contribution is 2.13. The van der Waals surface area contributed by atoms with Crippen molar-refractivity contribution in [2.75, 3.05) is 12.4 Å². The second-order valence-electron chi connectivity index (χ2n) is 3.08. The fourth-order valence-corrected chi connectivity index (χ4v) is 1.67. The maximum atomic E-state index is 11.6. The zero-order valence-corrected chi connectivity index (χ0v) is 10.0. The molecule has 2 rings (SSSR count). The van der Waals surface area contributed by atoms with E-state index in [9.17, 15) is 4.79 Å². The van der Waals surface area contributed by atoms with Gasteiger partial charge in [-0.25, -0.2) is 0 Å². The number of amides is 1. The minimum atomic E-state index is -0.320. The summed E-state index contributed by atoms with van der Waals surface area (Å²) >= 11 is 1.17. The van der Waals surface area contributed by atoms with Crippen molar-refractivity contribution in [3.63, 3.8) is 0 Å². The second-order valence-corrected chi connectivity index (χ2v) is 4.06. The van der Waals surface area contributed by atoms with Gasteiger partial charge in [0.1, 0.15) is 0 Å². The van der Waals surface area contributed by atoms with Gasteiger partial charge in [-0.3, -0.25) is 4.79 Å². The smallest absolute Gasteiger partial charge is 0.282 e. The van der Waals surface area contributed by atoms with Crippen molar-refractivity contribution in [3.05, 3.63) is 16.7 Å². The van der Waals surface area contributed by atoms with Crippen LogP contribution in [0, 0.1) is 6.92 Å². The highest BCUT2D eigenvalue weighted by molar-refractivity contribution is 7.17. The number of anilines is 1. The van der Waals surface area contributed by atoms with Crippen molar-refractivity contribution in [1.29, 1.82) is 0 Å². The Balaban J connectivity index is 1.93. The average molecular weight is 254 g/mol. The molecule has 17 heavy (non-hydrogen) atoms. The molecular formula is C8H10N6O2S. The van der Waals surface area contributed by atoms with E-state index in [0.29, 0.717) is 16.8 Å². The molecule has 0 radical (unpaired) electrons. The van der Waals surface area contributed by atoms with Crippen LogP contribution in [0.5, 0.6) is 0 Å². The molecule has 2 N–H and O–H groups in total. The van der Waals surface area contributed by atoms with Gasteiger partial charge in [-0.2, -0.15) is 4.98 Å². The molecule has 1 amide bonds. The number of rotatable bonds is 4. The number of hydrogen-bond acceptors (Lipinski definition) is 8. The lowest BCUT2D eigenvalue weighted by Gasteiger charge is -1.96. The van der Waals surface area contributed by atoms with E-state index in [1.165, 1.54) is 11.3 Å². The summed E-state index contributed by atoms with van der Waals surface area (Å²) < 4.78 is 4.86. The lowest BCUT2D eigenvalue weighted by molar-refractivity contribution is 0.0945. The predicted molar refractivity (Wildman–Crippen MR) is 59.7 cm³/mol. The maximum Gasteiger partial charge on any atom is 0.282 e. The molecule has 0 spiro atoms. The van der Waals surface area contributed by atoms with E-state index in [1.54, 1.807) is 14.0 Å². The summed E-state index contributed by atoms with van der Waals surface area (Å²) in [5.41, 5.74) is 0. The number of carbonyl (C=O) groups is 1. The summed E-state index contributed by atoms with van der Waals surface area (Å²) in [6.45, 7) is 1.88. The van der Waals surface area contributed by atoms with Gasteiger partial charge in [-0.15, -0.1) is 10.2 Å². The average Bonchev–Trinajstić information content (AvgIpc) is 2.94. The van der Waals surface area contributed by atoms with Gasteiger partial charge in [0.15, 0.2) is 5.82 Å². The van der Waals surface area contributed by atoms with Crippen molar-refractivity contribution >= 4 is 22.4 Å². The Morgan fingerprint density at radius 3 is 2.88 bits per heavy atom. The number of nitrogens with zero attached hydrogens (tertiary/aromatic N) is 4. The normalized spacial score (nSPS) is 10.2. The maximum absolute atomic E-state index is 11.6. The molecule has 0 saturated heterocycles. The van der Waals surface area contributed by atoms with Gasteiger partial charge in [0.05, 0.1) is 6.54 Å². The van der Waals surface area contributed by atoms with Crippen LogP contribution in [0.1, 0.15) is 21.5 Å². The fraction of sp³-hybridized carbons (Fsp3) is 0.375. The van der Waals surface area contributed by atoms with Gasteiger partial charge < -0.3 is 15.2 Å². The first-order valence-corrected chi connectivity index (χ1v) is 5.59. The Morgan fingerprint density at radius 2 is 2.29 bits per heavy atom. The van der Waals surface area contributed by atoms with Gasteiger partial charge >= 0.3 is 0 Å². The number of nitrogens with one attached hydrogen (secondary N) is 2. The van der Waals surface area contributed by atoms with Crippen molar-refractivity contribution < 1.29 is 9.32 Å². The van der Waals surface area contributed by atoms with Crippen LogP contribution < -0.4 is 10.6 Å². The van der Waals surface area contributed by atoms with Crippen LogP contribution in [-0.4, -0.2) is 33.3 Å². The predicted octanol–water partition coefficient (Wildman–Crippen LogP) is 0.201. The summed E-state index contributed by atoms with van der Waals surface area (Å²) in [5, 5.41) is 17.4. The van der Waals surface area contributed by atoms with E-state index < -0.39 is 0 Å². The fourth-order valence-electron chi connectivity index (χ4n) is 1.06. The number of aromatic nitrogens is 4. The molecule has 0 saturated carbocycles. The molecule has 9 heteroatoms. The first-order chi connectivity index (χ1) is 8.19. The Morgan fingerprint density at radius 1 is 1.47 bits per heavy atom. The van der Waals surface area contributed by atoms with Gasteiger partial charge in [-0.05, 0) is 6.92 Å². The van der Waals surface area contributed by atoms with Gasteiger partial charge in [-0.1, -0.05) is 16.5 Å². The summed E-state index contributed by atoms with van der Waals surface area (Å²) in [5.74, 6) is 0.566. The highest BCUT2D eigenvalue weighted by Gasteiger charge is 2.13. The minimum absolute atomic E-state index is 0.175. The van der Waals surface area contributed by atoms with Crippen molar-refractivity contribution in [2.45, 2.75) is 13.5 Å². The number of hydrogen-bond donors (Lipinski definition) is 2. The van der Waals surface area contributed by atoms with Gasteiger partial charge in [0, 0.05) is 7.05 Å². The van der Waals surface area contributed by atoms with Gasteiger partial charge in [0.25, 0.3) is 5.91 Å².